The van der Waals surface area contributed by atoms with Crippen molar-refractivity contribution in [1.82, 2.24) is 0 Å². The van der Waals surface area contributed by atoms with Crippen LogP contribution >= 0.6 is 11.8 Å². The number of thioether (sulfide) groups is 1. The van der Waals surface area contributed by atoms with Gasteiger partial charge in [-0.2, -0.15) is 0 Å². The number of unbranched alkanes of at least 4 members (excludes halogenated alkanes) is 1. The molecule has 0 N–H and O–H groups in total. The Hall–Kier alpha value is -1.56. The second-order valence-electron chi connectivity index (χ2n) is 3.65. The topological polar surface area (TPSA) is 69.4 Å². The maximum atomic E-state index is 11.0. The van der Waals surface area contributed by atoms with Crippen molar-refractivity contribution in [2.24, 2.45) is 0 Å². The van der Waals surface area contributed by atoms with Gasteiger partial charge in [0.1, 0.15) is 16.9 Å². The first-order valence-electron chi connectivity index (χ1n) is 5.58. The number of ether oxygens (including phenoxy) is 1. The molecular weight excluding hydrogens is 254 g/mol. The van der Waals surface area contributed by atoms with Crippen LogP contribution in [0.5, 0.6) is 5.75 Å². The summed E-state index contributed by atoms with van der Waals surface area (Å²) < 4.78 is 5.13. The molecule has 0 aliphatic rings. The number of carbonyl (C=O) groups excluding carboxylic acids is 1. The van der Waals surface area contributed by atoms with E-state index in [-0.39, 0.29) is 11.3 Å². The Bertz CT molecular complexity index is 448. The third-order valence-electron chi connectivity index (χ3n) is 2.35. The van der Waals surface area contributed by atoms with E-state index >= 15 is 0 Å². The lowest BCUT2D eigenvalue weighted by Gasteiger charge is -2.09. The highest BCUT2D eigenvalue weighted by Crippen LogP contribution is 2.38. The molecule has 0 atom stereocenters. The Kier molecular flexibility index (Phi) is 5.64. The molecule has 1 rings (SSSR count). The Morgan fingerprint density at radius 3 is 2.72 bits per heavy atom. The zero-order valence-electron chi connectivity index (χ0n) is 10.3. The molecular formula is C12H15NO4S. The van der Waals surface area contributed by atoms with E-state index in [9.17, 15) is 14.9 Å². The lowest BCUT2D eigenvalue weighted by atomic mass is 10.2. The quantitative estimate of drug-likeness (QED) is 0.250. The van der Waals surface area contributed by atoms with Crippen LogP contribution in [0.2, 0.25) is 0 Å². The molecule has 0 spiro atoms. The summed E-state index contributed by atoms with van der Waals surface area (Å²) >= 11 is 1.39. The summed E-state index contributed by atoms with van der Waals surface area (Å²) in [7, 11) is 1.44. The summed E-state index contributed by atoms with van der Waals surface area (Å²) in [5.41, 5.74) is 0.177. The normalized spacial score (nSPS) is 10.1. The molecule has 0 saturated carbocycles. The number of hydrogen-bond donors (Lipinski definition) is 0. The van der Waals surface area contributed by atoms with Crippen molar-refractivity contribution in [3.05, 3.63) is 27.8 Å². The number of nitro benzene ring substituents is 1. The molecule has 0 unspecified atom stereocenters. The molecule has 0 aliphatic heterocycles. The average molecular weight is 269 g/mol. The molecule has 5 nitrogen and oxygen atoms in total. The Morgan fingerprint density at radius 1 is 1.50 bits per heavy atom. The Labute approximate surface area is 110 Å². The van der Waals surface area contributed by atoms with Crippen LogP contribution in [0.4, 0.5) is 5.69 Å². The zero-order valence-corrected chi connectivity index (χ0v) is 11.2. The fraction of sp³-hybridized carbons (Fsp3) is 0.417. The summed E-state index contributed by atoms with van der Waals surface area (Å²) in [5.74, 6) is 1.17. The highest BCUT2D eigenvalue weighted by Gasteiger charge is 2.20. The molecule has 1 aromatic carbocycles. The maximum Gasteiger partial charge on any atom is 0.287 e. The van der Waals surface area contributed by atoms with Crippen molar-refractivity contribution in [3.63, 3.8) is 0 Å². The summed E-state index contributed by atoms with van der Waals surface area (Å²) in [5, 5.41) is 11.0. The molecule has 0 bridgehead atoms. The fourth-order valence-corrected chi connectivity index (χ4v) is 2.63. The molecule has 0 amide bonds. The molecule has 0 aliphatic carbocycles. The number of methoxy groups -OCH3 is 1. The molecule has 6 heteroatoms. The van der Waals surface area contributed by atoms with Crippen molar-refractivity contribution in [2.75, 3.05) is 12.9 Å². The second kappa shape index (κ2) is 7.00. The molecule has 0 aromatic heterocycles. The number of hydrogen-bond acceptors (Lipinski definition) is 5. The lowest BCUT2D eigenvalue weighted by molar-refractivity contribution is -0.387. The molecule has 0 heterocycles. The Morgan fingerprint density at radius 2 is 2.22 bits per heavy atom. The third-order valence-corrected chi connectivity index (χ3v) is 3.55. The van der Waals surface area contributed by atoms with Crippen molar-refractivity contribution >= 4 is 23.7 Å². The second-order valence-corrected chi connectivity index (χ2v) is 4.75. The molecule has 1 aromatic rings. The van der Waals surface area contributed by atoms with Crippen molar-refractivity contribution < 1.29 is 14.5 Å². The monoisotopic (exact) mass is 269 g/mol. The van der Waals surface area contributed by atoms with Crippen LogP contribution in [0, 0.1) is 10.1 Å². The van der Waals surface area contributed by atoms with E-state index in [1.54, 1.807) is 0 Å². The van der Waals surface area contributed by atoms with Crippen LogP contribution in [0.15, 0.2) is 17.0 Å². The third kappa shape index (κ3) is 3.46. The van der Waals surface area contributed by atoms with Crippen LogP contribution in [0.25, 0.3) is 0 Å². The van der Waals surface area contributed by atoms with E-state index < -0.39 is 4.92 Å². The first-order valence-corrected chi connectivity index (χ1v) is 6.57. The van der Waals surface area contributed by atoms with E-state index in [0.29, 0.717) is 16.9 Å². The van der Waals surface area contributed by atoms with Crippen molar-refractivity contribution in [1.29, 1.82) is 0 Å². The van der Waals surface area contributed by atoms with Gasteiger partial charge in [0.25, 0.3) is 5.69 Å². The minimum atomic E-state index is -0.482. The van der Waals surface area contributed by atoms with Gasteiger partial charge in [0, 0.05) is 11.6 Å². The number of benzene rings is 1. The standard InChI is InChI=1S/C12H15NO4S/c1-3-4-5-18-12-10(13(15)16)6-9(8-14)7-11(12)17-2/h6-8H,3-5H2,1-2H3. The number of carbonyl (C=O) groups is 1. The number of nitrogens with zero attached hydrogens (tertiary/aromatic N) is 1. The number of rotatable bonds is 7. The van der Waals surface area contributed by atoms with E-state index in [4.69, 9.17) is 4.74 Å². The van der Waals surface area contributed by atoms with E-state index in [1.165, 1.54) is 31.0 Å². The molecule has 0 fully saturated rings. The minimum absolute atomic E-state index is 0.0717. The van der Waals surface area contributed by atoms with Gasteiger partial charge in [-0.15, -0.1) is 11.8 Å². The largest absolute Gasteiger partial charge is 0.495 e. The van der Waals surface area contributed by atoms with Crippen LogP contribution in [0.3, 0.4) is 0 Å². The van der Waals surface area contributed by atoms with Crippen molar-refractivity contribution in [3.8, 4) is 5.75 Å². The van der Waals surface area contributed by atoms with Gasteiger partial charge in [-0.05, 0) is 18.2 Å². The first-order chi connectivity index (χ1) is 8.63. The molecule has 98 valence electrons. The fourth-order valence-electron chi connectivity index (χ4n) is 1.43. The summed E-state index contributed by atoms with van der Waals surface area (Å²) in [6.45, 7) is 2.06. The van der Waals surface area contributed by atoms with Gasteiger partial charge < -0.3 is 4.74 Å². The summed E-state index contributed by atoms with van der Waals surface area (Å²) in [4.78, 5) is 21.8. The van der Waals surface area contributed by atoms with Crippen molar-refractivity contribution in [2.45, 2.75) is 24.7 Å². The summed E-state index contributed by atoms with van der Waals surface area (Å²) in [6, 6.07) is 2.80. The van der Waals surface area contributed by atoms with Gasteiger partial charge in [0.2, 0.25) is 0 Å². The lowest BCUT2D eigenvalue weighted by Crippen LogP contribution is -1.97. The molecule has 18 heavy (non-hydrogen) atoms. The van der Waals surface area contributed by atoms with Gasteiger partial charge in [-0.1, -0.05) is 13.3 Å². The number of aldehydes is 1. The smallest absolute Gasteiger partial charge is 0.287 e. The molecule has 0 radical (unpaired) electrons. The Balaban J connectivity index is 3.17. The first kappa shape index (κ1) is 14.5. The predicted octanol–water partition coefficient (Wildman–Crippen LogP) is 3.31. The highest BCUT2D eigenvalue weighted by molar-refractivity contribution is 7.99. The van der Waals surface area contributed by atoms with Crippen LogP contribution < -0.4 is 4.74 Å². The van der Waals surface area contributed by atoms with E-state index in [1.807, 2.05) is 0 Å². The maximum absolute atomic E-state index is 11.0. The minimum Gasteiger partial charge on any atom is -0.495 e. The predicted molar refractivity (Wildman–Crippen MR) is 70.7 cm³/mol. The van der Waals surface area contributed by atoms with E-state index in [2.05, 4.69) is 6.92 Å². The highest BCUT2D eigenvalue weighted by atomic mass is 32.2. The van der Waals surface area contributed by atoms with Gasteiger partial charge in [0.15, 0.2) is 0 Å². The SMILES string of the molecule is CCCCSc1c(OC)cc(C=O)cc1[N+](=O)[O-]. The van der Waals surface area contributed by atoms with Gasteiger partial charge in [-0.3, -0.25) is 14.9 Å². The van der Waals surface area contributed by atoms with Crippen LogP contribution in [0.1, 0.15) is 30.1 Å². The average Bonchev–Trinajstić information content (AvgIpc) is 2.38. The number of nitro groups is 1. The molecule has 0 saturated heterocycles. The van der Waals surface area contributed by atoms with Crippen LogP contribution in [-0.2, 0) is 0 Å². The zero-order chi connectivity index (χ0) is 13.5. The summed E-state index contributed by atoms with van der Waals surface area (Å²) in [6.07, 6.45) is 2.58. The van der Waals surface area contributed by atoms with E-state index in [0.717, 1.165) is 18.6 Å². The van der Waals surface area contributed by atoms with Gasteiger partial charge in [0.05, 0.1) is 12.0 Å². The van der Waals surface area contributed by atoms with Gasteiger partial charge >= 0.3 is 0 Å². The van der Waals surface area contributed by atoms with Gasteiger partial charge in [-0.25, -0.2) is 0 Å². The van der Waals surface area contributed by atoms with Crippen LogP contribution in [-0.4, -0.2) is 24.1 Å².